The first kappa shape index (κ1) is 21.9. The van der Waals surface area contributed by atoms with Crippen molar-refractivity contribution in [3.05, 3.63) is 70.8 Å². The number of hydrogen-bond acceptors (Lipinski definition) is 4. The van der Waals surface area contributed by atoms with E-state index in [-0.39, 0.29) is 27.2 Å². The lowest BCUT2D eigenvalue weighted by molar-refractivity contribution is 0.0977. The van der Waals surface area contributed by atoms with E-state index in [1.807, 2.05) is 0 Å². The molecule has 10 heteroatoms. The van der Waals surface area contributed by atoms with E-state index in [0.717, 1.165) is 18.2 Å². The van der Waals surface area contributed by atoms with E-state index in [1.165, 1.54) is 30.1 Å². The van der Waals surface area contributed by atoms with Crippen LogP contribution in [0.4, 0.5) is 8.78 Å². The first-order chi connectivity index (χ1) is 14.2. The molecule has 0 aliphatic heterocycles. The Balaban J connectivity index is 1.96. The average Bonchev–Trinajstić information content (AvgIpc) is 3.15. The number of imidazole rings is 1. The summed E-state index contributed by atoms with van der Waals surface area (Å²) in [5, 5.41) is 0.186. The minimum absolute atomic E-state index is 0.0546. The molecule has 3 rings (SSSR count). The molecular weight excluding hydrogens is 436 g/mol. The van der Waals surface area contributed by atoms with Crippen molar-refractivity contribution in [2.24, 2.45) is 0 Å². The molecule has 0 saturated carbocycles. The molecule has 1 atom stereocenters. The van der Waals surface area contributed by atoms with Gasteiger partial charge in [0.1, 0.15) is 23.7 Å². The van der Waals surface area contributed by atoms with Crippen LogP contribution >= 0.6 is 11.6 Å². The molecular formula is C20H18ClF2N3O3S. The normalized spacial score (nSPS) is 12.1. The van der Waals surface area contributed by atoms with Crippen LogP contribution in [0.3, 0.4) is 0 Å². The molecule has 1 unspecified atom stereocenters. The third-order valence-electron chi connectivity index (χ3n) is 4.26. The maximum atomic E-state index is 14.3. The summed E-state index contributed by atoms with van der Waals surface area (Å²) in [5.41, 5.74) is 0.203. The molecule has 158 valence electrons. The van der Waals surface area contributed by atoms with Gasteiger partial charge in [-0.2, -0.15) is 0 Å². The standard InChI is InChI=1S/C20H18ClF2N3O3S/c1-11(2)19-18(24-10-26(19)16-8-12(22)4-7-15(16)23)20(27)25-30(28)17-9-13(29-3)5-6-14(17)21/h4-11H,1-3H3,(H,25,27). The summed E-state index contributed by atoms with van der Waals surface area (Å²) >= 11 is 6.08. The number of halogens is 3. The number of hydrogen-bond donors (Lipinski definition) is 1. The van der Waals surface area contributed by atoms with Crippen LogP contribution in [-0.2, 0) is 11.0 Å². The van der Waals surface area contributed by atoms with Gasteiger partial charge in [0.15, 0.2) is 16.7 Å². The third-order valence-corrected chi connectivity index (χ3v) is 5.81. The lowest BCUT2D eigenvalue weighted by Crippen LogP contribution is -2.27. The number of aromatic nitrogens is 2. The van der Waals surface area contributed by atoms with Crippen molar-refractivity contribution in [1.29, 1.82) is 0 Å². The minimum Gasteiger partial charge on any atom is -0.497 e. The smallest absolute Gasteiger partial charge is 0.283 e. The van der Waals surface area contributed by atoms with Crippen LogP contribution in [0.5, 0.6) is 5.75 Å². The van der Waals surface area contributed by atoms with Gasteiger partial charge in [-0.25, -0.2) is 18.0 Å². The zero-order valence-electron chi connectivity index (χ0n) is 16.3. The first-order valence-corrected chi connectivity index (χ1v) is 10.3. The predicted molar refractivity (Wildman–Crippen MR) is 109 cm³/mol. The Morgan fingerprint density at radius 2 is 1.97 bits per heavy atom. The average molecular weight is 454 g/mol. The number of benzene rings is 2. The molecule has 2 aromatic carbocycles. The van der Waals surface area contributed by atoms with Crippen LogP contribution in [0, 0.1) is 11.6 Å². The van der Waals surface area contributed by atoms with Crippen molar-refractivity contribution in [1.82, 2.24) is 14.3 Å². The third kappa shape index (κ3) is 4.36. The van der Waals surface area contributed by atoms with Gasteiger partial charge in [-0.3, -0.25) is 14.1 Å². The number of nitrogens with one attached hydrogen (secondary N) is 1. The Kier molecular flexibility index (Phi) is 6.52. The minimum atomic E-state index is -2.00. The van der Waals surface area contributed by atoms with Crippen molar-refractivity contribution >= 4 is 28.5 Å². The molecule has 3 aromatic rings. The summed E-state index contributed by atoms with van der Waals surface area (Å²) in [6.45, 7) is 3.55. The summed E-state index contributed by atoms with van der Waals surface area (Å²) in [6.07, 6.45) is 1.23. The summed E-state index contributed by atoms with van der Waals surface area (Å²) in [6, 6.07) is 7.55. The Morgan fingerprint density at radius 3 is 2.63 bits per heavy atom. The highest BCUT2D eigenvalue weighted by Crippen LogP contribution is 2.27. The van der Waals surface area contributed by atoms with E-state index in [4.69, 9.17) is 16.3 Å². The van der Waals surface area contributed by atoms with Gasteiger partial charge in [-0.15, -0.1) is 0 Å². The second-order valence-electron chi connectivity index (χ2n) is 6.60. The van der Waals surface area contributed by atoms with Crippen LogP contribution in [0.2, 0.25) is 5.02 Å². The Bertz CT molecular complexity index is 1130. The second kappa shape index (κ2) is 8.93. The fourth-order valence-corrected chi connectivity index (χ4v) is 4.06. The first-order valence-electron chi connectivity index (χ1n) is 8.82. The number of carbonyl (C=O) groups excluding carboxylic acids is 1. The fraction of sp³-hybridized carbons (Fsp3) is 0.200. The van der Waals surface area contributed by atoms with Gasteiger partial charge >= 0.3 is 0 Å². The molecule has 0 spiro atoms. The van der Waals surface area contributed by atoms with Gasteiger partial charge in [-0.1, -0.05) is 25.4 Å². The van der Waals surface area contributed by atoms with Crippen LogP contribution in [0.25, 0.3) is 5.69 Å². The zero-order chi connectivity index (χ0) is 22.0. The predicted octanol–water partition coefficient (Wildman–Crippen LogP) is 4.39. The SMILES string of the molecule is COc1ccc(Cl)c(S(=O)NC(=O)c2ncn(-c3cc(F)ccc3F)c2C(C)C)c1. The van der Waals surface area contributed by atoms with Crippen LogP contribution in [0.15, 0.2) is 47.6 Å². The molecule has 0 bridgehead atoms. The van der Waals surface area contributed by atoms with Gasteiger partial charge in [0.25, 0.3) is 5.91 Å². The molecule has 0 aliphatic carbocycles. The Hall–Kier alpha value is -2.78. The molecule has 0 saturated heterocycles. The Labute approximate surface area is 179 Å². The monoisotopic (exact) mass is 453 g/mol. The maximum absolute atomic E-state index is 14.3. The quantitative estimate of drug-likeness (QED) is 0.600. The number of nitrogens with zero attached hydrogens (tertiary/aromatic N) is 2. The second-order valence-corrected chi connectivity index (χ2v) is 8.18. The van der Waals surface area contributed by atoms with E-state index in [1.54, 1.807) is 19.9 Å². The van der Waals surface area contributed by atoms with E-state index >= 15 is 0 Å². The van der Waals surface area contributed by atoms with Crippen molar-refractivity contribution in [3.8, 4) is 11.4 Å². The number of amides is 1. The molecule has 6 nitrogen and oxygen atoms in total. The van der Waals surface area contributed by atoms with Crippen LogP contribution in [-0.4, -0.2) is 26.8 Å². The van der Waals surface area contributed by atoms with E-state index in [9.17, 15) is 17.8 Å². The van der Waals surface area contributed by atoms with Gasteiger partial charge in [0.2, 0.25) is 0 Å². The van der Waals surface area contributed by atoms with E-state index in [2.05, 4.69) is 9.71 Å². The van der Waals surface area contributed by atoms with Crippen molar-refractivity contribution in [2.45, 2.75) is 24.7 Å². The molecule has 1 heterocycles. The highest BCUT2D eigenvalue weighted by Gasteiger charge is 2.24. The number of rotatable bonds is 6. The van der Waals surface area contributed by atoms with Crippen molar-refractivity contribution < 1.29 is 22.5 Å². The van der Waals surface area contributed by atoms with Gasteiger partial charge < -0.3 is 4.74 Å². The van der Waals surface area contributed by atoms with E-state index < -0.39 is 28.5 Å². The lowest BCUT2D eigenvalue weighted by atomic mass is 10.1. The summed E-state index contributed by atoms with van der Waals surface area (Å²) in [4.78, 5) is 17.0. The molecule has 1 amide bonds. The largest absolute Gasteiger partial charge is 0.497 e. The Morgan fingerprint density at radius 1 is 1.23 bits per heavy atom. The molecule has 30 heavy (non-hydrogen) atoms. The fourth-order valence-electron chi connectivity index (χ4n) is 2.89. The summed E-state index contributed by atoms with van der Waals surface area (Å²) in [7, 11) is -0.551. The van der Waals surface area contributed by atoms with Crippen LogP contribution < -0.4 is 9.46 Å². The molecule has 1 N–H and O–H groups in total. The number of ether oxygens (including phenoxy) is 1. The maximum Gasteiger partial charge on any atom is 0.283 e. The van der Waals surface area contributed by atoms with Crippen molar-refractivity contribution in [3.63, 3.8) is 0 Å². The van der Waals surface area contributed by atoms with Gasteiger partial charge in [-0.05, 0) is 36.2 Å². The molecule has 1 aromatic heterocycles. The number of methoxy groups -OCH3 is 1. The molecule has 0 fully saturated rings. The summed E-state index contributed by atoms with van der Waals surface area (Å²) < 4.78 is 49.3. The number of carbonyl (C=O) groups is 1. The lowest BCUT2D eigenvalue weighted by Gasteiger charge is -2.14. The molecule has 0 radical (unpaired) electrons. The van der Waals surface area contributed by atoms with Crippen molar-refractivity contribution in [2.75, 3.05) is 7.11 Å². The zero-order valence-corrected chi connectivity index (χ0v) is 17.9. The highest BCUT2D eigenvalue weighted by molar-refractivity contribution is 7.83. The summed E-state index contributed by atoms with van der Waals surface area (Å²) in [5.74, 6) is -1.90. The molecule has 0 aliphatic rings. The van der Waals surface area contributed by atoms with Gasteiger partial charge in [0, 0.05) is 6.07 Å². The highest BCUT2D eigenvalue weighted by atomic mass is 35.5. The van der Waals surface area contributed by atoms with Crippen LogP contribution in [0.1, 0.15) is 35.9 Å². The van der Waals surface area contributed by atoms with E-state index in [0.29, 0.717) is 11.4 Å². The van der Waals surface area contributed by atoms with Gasteiger partial charge in [0.05, 0.1) is 28.4 Å². The topological polar surface area (TPSA) is 73.2 Å².